The molecule has 7 heteroatoms. The van der Waals surface area contributed by atoms with Crippen LogP contribution < -0.4 is 4.74 Å². The number of hydrogen-bond donors (Lipinski definition) is 1. The Morgan fingerprint density at radius 1 is 1.07 bits per heavy atom. The lowest BCUT2D eigenvalue weighted by atomic mass is 10.1. The SMILES string of the molecule is OC(COc1ccc(CN2CCCC(F)(F)C2)cc1)CN1CCCOCC1. The Morgan fingerprint density at radius 2 is 1.85 bits per heavy atom. The van der Waals surface area contributed by atoms with Gasteiger partial charge in [0, 0.05) is 39.2 Å². The Morgan fingerprint density at radius 3 is 2.63 bits per heavy atom. The zero-order valence-corrected chi connectivity index (χ0v) is 15.8. The standard InChI is InChI=1S/C20H30F2N2O3/c21-20(22)7-1-8-24(16-20)13-17-3-5-19(6-4-17)27-15-18(25)14-23-9-2-11-26-12-10-23/h3-6,18,25H,1-2,7-16H2. The number of piperidine rings is 1. The Hall–Kier alpha value is -1.28. The zero-order chi connectivity index (χ0) is 19.1. The van der Waals surface area contributed by atoms with Crippen molar-refractivity contribution < 1.29 is 23.4 Å². The normalized spacial score (nSPS) is 22.9. The molecule has 0 aliphatic carbocycles. The maximum Gasteiger partial charge on any atom is 0.260 e. The lowest BCUT2D eigenvalue weighted by Gasteiger charge is -2.32. The van der Waals surface area contributed by atoms with Gasteiger partial charge in [0.2, 0.25) is 0 Å². The van der Waals surface area contributed by atoms with Crippen LogP contribution in [0.2, 0.25) is 0 Å². The van der Waals surface area contributed by atoms with Crippen LogP contribution in [-0.2, 0) is 11.3 Å². The number of β-amino-alcohol motifs (C(OH)–C–C–N with tert-alkyl or cyclic N) is 1. The molecule has 0 saturated carbocycles. The molecule has 0 bridgehead atoms. The third-order valence-electron chi connectivity index (χ3n) is 5.03. The second-order valence-electron chi connectivity index (χ2n) is 7.55. The molecule has 0 radical (unpaired) electrons. The van der Waals surface area contributed by atoms with Gasteiger partial charge in [-0.2, -0.15) is 0 Å². The minimum Gasteiger partial charge on any atom is -0.491 e. The van der Waals surface area contributed by atoms with Crippen molar-refractivity contribution >= 4 is 0 Å². The van der Waals surface area contributed by atoms with Crippen molar-refractivity contribution in [1.29, 1.82) is 0 Å². The first-order valence-corrected chi connectivity index (χ1v) is 9.80. The summed E-state index contributed by atoms with van der Waals surface area (Å²) in [6.07, 6.45) is 0.953. The topological polar surface area (TPSA) is 45.2 Å². The van der Waals surface area contributed by atoms with Crippen molar-refractivity contribution in [1.82, 2.24) is 9.80 Å². The highest BCUT2D eigenvalue weighted by molar-refractivity contribution is 5.27. The Bertz CT molecular complexity index is 563. The first-order valence-electron chi connectivity index (χ1n) is 9.80. The molecule has 27 heavy (non-hydrogen) atoms. The average Bonchev–Trinajstić information content (AvgIpc) is 2.89. The van der Waals surface area contributed by atoms with E-state index in [4.69, 9.17) is 9.47 Å². The number of likely N-dealkylation sites (tertiary alicyclic amines) is 1. The molecule has 0 amide bonds. The fraction of sp³-hybridized carbons (Fsp3) is 0.700. The van der Waals surface area contributed by atoms with Crippen molar-refractivity contribution in [3.05, 3.63) is 29.8 Å². The van der Waals surface area contributed by atoms with Crippen LogP contribution in [0.5, 0.6) is 5.75 Å². The van der Waals surface area contributed by atoms with Crippen molar-refractivity contribution in [3.8, 4) is 5.75 Å². The molecule has 1 atom stereocenters. The van der Waals surface area contributed by atoms with Gasteiger partial charge in [-0.3, -0.25) is 9.80 Å². The van der Waals surface area contributed by atoms with E-state index in [1.54, 1.807) is 4.90 Å². The molecule has 2 saturated heterocycles. The second kappa shape index (κ2) is 9.78. The summed E-state index contributed by atoms with van der Waals surface area (Å²) in [4.78, 5) is 3.99. The minimum absolute atomic E-state index is 0.0109. The predicted octanol–water partition coefficient (Wildman–Crippen LogP) is 2.38. The van der Waals surface area contributed by atoms with E-state index in [9.17, 15) is 13.9 Å². The molecule has 2 aliphatic heterocycles. The number of alkyl halides is 2. The lowest BCUT2D eigenvalue weighted by molar-refractivity contribution is -0.0661. The molecule has 2 aliphatic rings. The molecule has 0 spiro atoms. The highest BCUT2D eigenvalue weighted by Crippen LogP contribution is 2.27. The lowest BCUT2D eigenvalue weighted by Crippen LogP contribution is -2.41. The molecule has 2 fully saturated rings. The Kier molecular flexibility index (Phi) is 7.41. The summed E-state index contributed by atoms with van der Waals surface area (Å²) in [5, 5.41) is 10.2. The van der Waals surface area contributed by atoms with Crippen LogP contribution in [-0.4, -0.2) is 79.5 Å². The van der Waals surface area contributed by atoms with Crippen molar-refractivity contribution in [2.75, 3.05) is 52.5 Å². The monoisotopic (exact) mass is 384 g/mol. The van der Waals surface area contributed by atoms with Gasteiger partial charge in [0.25, 0.3) is 5.92 Å². The molecule has 1 unspecified atom stereocenters. The largest absolute Gasteiger partial charge is 0.491 e. The Labute approximate surface area is 159 Å². The quantitative estimate of drug-likeness (QED) is 0.782. The number of benzene rings is 1. The average molecular weight is 384 g/mol. The van der Waals surface area contributed by atoms with Crippen LogP contribution in [0, 0.1) is 0 Å². The molecule has 2 heterocycles. The third kappa shape index (κ3) is 6.99. The van der Waals surface area contributed by atoms with Gasteiger partial charge in [0.15, 0.2) is 0 Å². The number of ether oxygens (including phenoxy) is 2. The molecule has 1 N–H and O–H groups in total. The van der Waals surface area contributed by atoms with E-state index in [0.29, 0.717) is 38.4 Å². The van der Waals surface area contributed by atoms with Crippen LogP contribution >= 0.6 is 0 Å². The number of rotatable bonds is 7. The third-order valence-corrected chi connectivity index (χ3v) is 5.03. The number of hydrogen-bond acceptors (Lipinski definition) is 5. The van der Waals surface area contributed by atoms with Crippen LogP contribution in [0.3, 0.4) is 0 Å². The molecule has 152 valence electrons. The first kappa shape index (κ1) is 20.5. The molecule has 3 rings (SSSR count). The maximum atomic E-state index is 13.5. The first-order chi connectivity index (χ1) is 13.0. The molecule has 1 aromatic carbocycles. The van der Waals surface area contributed by atoms with Crippen LogP contribution in [0.25, 0.3) is 0 Å². The van der Waals surface area contributed by atoms with E-state index >= 15 is 0 Å². The number of nitrogens with zero attached hydrogens (tertiary/aromatic N) is 2. The summed E-state index contributed by atoms with van der Waals surface area (Å²) < 4.78 is 38.1. The fourth-order valence-electron chi connectivity index (χ4n) is 3.65. The molecule has 1 aromatic rings. The molecule has 0 aromatic heterocycles. The number of halogens is 2. The summed E-state index contributed by atoms with van der Waals surface area (Å²) >= 11 is 0. The number of aliphatic hydroxyl groups excluding tert-OH is 1. The van der Waals surface area contributed by atoms with E-state index < -0.39 is 12.0 Å². The maximum absolute atomic E-state index is 13.5. The smallest absolute Gasteiger partial charge is 0.260 e. The minimum atomic E-state index is -2.57. The Balaban J connectivity index is 1.40. The van der Waals surface area contributed by atoms with Crippen molar-refractivity contribution in [3.63, 3.8) is 0 Å². The summed E-state index contributed by atoms with van der Waals surface area (Å²) in [5.74, 6) is -1.89. The summed E-state index contributed by atoms with van der Waals surface area (Å²) in [5.41, 5.74) is 0.991. The predicted molar refractivity (Wildman–Crippen MR) is 99.3 cm³/mol. The molecular formula is C20H30F2N2O3. The van der Waals surface area contributed by atoms with Gasteiger partial charge in [-0.25, -0.2) is 8.78 Å². The highest BCUT2D eigenvalue weighted by Gasteiger charge is 2.34. The summed E-state index contributed by atoms with van der Waals surface area (Å²) in [6.45, 7) is 5.13. The summed E-state index contributed by atoms with van der Waals surface area (Å²) in [6, 6.07) is 7.48. The van der Waals surface area contributed by atoms with Gasteiger partial charge >= 0.3 is 0 Å². The van der Waals surface area contributed by atoms with Crippen LogP contribution in [0.1, 0.15) is 24.8 Å². The van der Waals surface area contributed by atoms with Gasteiger partial charge < -0.3 is 14.6 Å². The van der Waals surface area contributed by atoms with Gasteiger partial charge in [-0.05, 0) is 37.1 Å². The van der Waals surface area contributed by atoms with Crippen molar-refractivity contribution in [2.24, 2.45) is 0 Å². The second-order valence-corrected chi connectivity index (χ2v) is 7.55. The van der Waals surface area contributed by atoms with Gasteiger partial charge in [-0.15, -0.1) is 0 Å². The van der Waals surface area contributed by atoms with Crippen LogP contribution in [0.4, 0.5) is 8.78 Å². The van der Waals surface area contributed by atoms with E-state index in [1.165, 1.54) is 0 Å². The molecule has 5 nitrogen and oxygen atoms in total. The summed E-state index contributed by atoms with van der Waals surface area (Å²) in [7, 11) is 0. The van der Waals surface area contributed by atoms with Gasteiger partial charge in [0.05, 0.1) is 13.2 Å². The van der Waals surface area contributed by atoms with E-state index in [2.05, 4.69) is 4.90 Å². The van der Waals surface area contributed by atoms with Gasteiger partial charge in [0.1, 0.15) is 18.5 Å². The fourth-order valence-corrected chi connectivity index (χ4v) is 3.65. The van der Waals surface area contributed by atoms with Crippen LogP contribution in [0.15, 0.2) is 24.3 Å². The van der Waals surface area contributed by atoms with Crippen molar-refractivity contribution in [2.45, 2.75) is 37.8 Å². The van der Waals surface area contributed by atoms with E-state index in [0.717, 1.165) is 31.7 Å². The van der Waals surface area contributed by atoms with Gasteiger partial charge in [-0.1, -0.05) is 12.1 Å². The highest BCUT2D eigenvalue weighted by atomic mass is 19.3. The van der Waals surface area contributed by atoms with E-state index in [1.807, 2.05) is 24.3 Å². The molecular weight excluding hydrogens is 354 g/mol. The number of aliphatic hydroxyl groups is 1. The zero-order valence-electron chi connectivity index (χ0n) is 15.8. The van der Waals surface area contributed by atoms with E-state index in [-0.39, 0.29) is 19.6 Å².